The first-order chi connectivity index (χ1) is 13.5. The summed E-state index contributed by atoms with van der Waals surface area (Å²) in [5.41, 5.74) is 2.94. The van der Waals surface area contributed by atoms with Crippen LogP contribution in [-0.2, 0) is 21.8 Å². The van der Waals surface area contributed by atoms with Gasteiger partial charge < -0.3 is 10.6 Å². The van der Waals surface area contributed by atoms with Gasteiger partial charge in [-0.2, -0.15) is 0 Å². The van der Waals surface area contributed by atoms with Gasteiger partial charge in [0.1, 0.15) is 10.2 Å². The zero-order valence-electron chi connectivity index (χ0n) is 15.1. The molecule has 28 heavy (non-hydrogen) atoms. The molecule has 0 aliphatic rings. The Bertz CT molecular complexity index is 974. The molecule has 0 unspecified atom stereocenters. The van der Waals surface area contributed by atoms with Gasteiger partial charge in [0.25, 0.3) is 0 Å². The lowest BCUT2D eigenvalue weighted by Crippen LogP contribution is -2.15. The van der Waals surface area contributed by atoms with Gasteiger partial charge in [0, 0.05) is 29.4 Å². The van der Waals surface area contributed by atoms with Gasteiger partial charge in [0.05, 0.1) is 12.1 Å². The summed E-state index contributed by atoms with van der Waals surface area (Å²) in [7, 11) is 0. The summed E-state index contributed by atoms with van der Waals surface area (Å²) >= 11 is 3.03. The Morgan fingerprint density at radius 3 is 2.54 bits per heavy atom. The maximum absolute atomic E-state index is 12.9. The summed E-state index contributed by atoms with van der Waals surface area (Å²) in [6, 6.07) is 13.3. The SMILES string of the molecule is CC(=O)Nc1cccc(NC(=O)Cc2csc(SCc3ccc(F)cc3)n2)c1. The van der Waals surface area contributed by atoms with E-state index in [-0.39, 0.29) is 24.1 Å². The van der Waals surface area contributed by atoms with Crippen LogP contribution in [0.3, 0.4) is 0 Å². The summed E-state index contributed by atoms with van der Waals surface area (Å²) in [6.45, 7) is 1.43. The monoisotopic (exact) mass is 415 g/mol. The first kappa shape index (κ1) is 20.0. The molecular weight excluding hydrogens is 397 g/mol. The van der Waals surface area contributed by atoms with E-state index >= 15 is 0 Å². The highest BCUT2D eigenvalue weighted by molar-refractivity contribution is 8.00. The molecule has 0 fully saturated rings. The van der Waals surface area contributed by atoms with E-state index in [0.29, 0.717) is 22.8 Å². The van der Waals surface area contributed by atoms with Crippen molar-refractivity contribution < 1.29 is 14.0 Å². The number of hydrogen-bond donors (Lipinski definition) is 2. The van der Waals surface area contributed by atoms with Gasteiger partial charge in [0.15, 0.2) is 0 Å². The lowest BCUT2D eigenvalue weighted by Gasteiger charge is -2.07. The summed E-state index contributed by atoms with van der Waals surface area (Å²) in [5, 5.41) is 7.35. The molecule has 1 heterocycles. The Labute approximate surface area is 170 Å². The summed E-state index contributed by atoms with van der Waals surface area (Å²) in [6.07, 6.45) is 0.165. The molecule has 0 atom stereocenters. The number of nitrogens with zero attached hydrogens (tertiary/aromatic N) is 1. The van der Waals surface area contributed by atoms with Crippen LogP contribution in [0.15, 0.2) is 58.3 Å². The molecule has 3 aromatic rings. The number of carbonyl (C=O) groups excluding carboxylic acids is 2. The maximum atomic E-state index is 12.9. The molecule has 0 spiro atoms. The van der Waals surface area contributed by atoms with Crippen molar-refractivity contribution in [2.75, 3.05) is 10.6 Å². The molecule has 0 saturated carbocycles. The maximum Gasteiger partial charge on any atom is 0.230 e. The highest BCUT2D eigenvalue weighted by atomic mass is 32.2. The van der Waals surface area contributed by atoms with Crippen molar-refractivity contribution in [2.24, 2.45) is 0 Å². The van der Waals surface area contributed by atoms with Crippen LogP contribution >= 0.6 is 23.1 Å². The van der Waals surface area contributed by atoms with E-state index < -0.39 is 0 Å². The lowest BCUT2D eigenvalue weighted by atomic mass is 10.2. The van der Waals surface area contributed by atoms with Crippen molar-refractivity contribution >= 4 is 46.3 Å². The molecule has 2 N–H and O–H groups in total. The Morgan fingerprint density at radius 1 is 1.11 bits per heavy atom. The van der Waals surface area contributed by atoms with E-state index in [0.717, 1.165) is 9.90 Å². The van der Waals surface area contributed by atoms with Crippen molar-refractivity contribution in [3.8, 4) is 0 Å². The van der Waals surface area contributed by atoms with Gasteiger partial charge in [-0.15, -0.1) is 11.3 Å². The number of amides is 2. The molecule has 8 heteroatoms. The zero-order chi connectivity index (χ0) is 19.9. The van der Waals surface area contributed by atoms with E-state index in [4.69, 9.17) is 0 Å². The minimum atomic E-state index is -0.251. The third kappa shape index (κ3) is 6.17. The minimum Gasteiger partial charge on any atom is -0.326 e. The number of aromatic nitrogens is 1. The Balaban J connectivity index is 1.52. The molecule has 0 aliphatic carbocycles. The number of carbonyl (C=O) groups is 2. The first-order valence-electron chi connectivity index (χ1n) is 8.47. The summed E-state index contributed by atoms with van der Waals surface area (Å²) in [5.74, 6) is 0.0888. The van der Waals surface area contributed by atoms with Gasteiger partial charge in [-0.05, 0) is 35.9 Å². The number of thioether (sulfide) groups is 1. The smallest absolute Gasteiger partial charge is 0.230 e. The number of rotatable bonds is 7. The van der Waals surface area contributed by atoms with E-state index in [1.165, 1.54) is 30.4 Å². The highest BCUT2D eigenvalue weighted by Crippen LogP contribution is 2.26. The van der Waals surface area contributed by atoms with Crippen LogP contribution in [0.2, 0.25) is 0 Å². The van der Waals surface area contributed by atoms with Crippen LogP contribution in [0.25, 0.3) is 0 Å². The molecule has 1 aromatic heterocycles. The molecule has 144 valence electrons. The second-order valence-corrected chi connectivity index (χ2v) is 8.09. The van der Waals surface area contributed by atoms with Crippen LogP contribution in [0.5, 0.6) is 0 Å². The van der Waals surface area contributed by atoms with Crippen molar-refractivity contribution in [3.63, 3.8) is 0 Å². The van der Waals surface area contributed by atoms with Crippen LogP contribution in [0.1, 0.15) is 18.2 Å². The van der Waals surface area contributed by atoms with Crippen LogP contribution in [0.4, 0.5) is 15.8 Å². The standard InChI is InChI=1S/C20H18FN3O2S2/c1-13(25)22-16-3-2-4-17(9-16)23-19(26)10-18-12-28-20(24-18)27-11-14-5-7-15(21)8-6-14/h2-9,12H,10-11H2,1H3,(H,22,25)(H,23,26). The second-order valence-electron chi connectivity index (χ2n) is 6.01. The van der Waals surface area contributed by atoms with Gasteiger partial charge in [-0.3, -0.25) is 9.59 Å². The molecule has 0 saturated heterocycles. The predicted octanol–water partition coefficient (Wildman–Crippen LogP) is 4.71. The zero-order valence-corrected chi connectivity index (χ0v) is 16.7. The summed E-state index contributed by atoms with van der Waals surface area (Å²) < 4.78 is 13.8. The van der Waals surface area contributed by atoms with Crippen molar-refractivity contribution in [1.82, 2.24) is 4.98 Å². The normalized spacial score (nSPS) is 10.5. The van der Waals surface area contributed by atoms with E-state index in [9.17, 15) is 14.0 Å². The number of halogens is 1. The lowest BCUT2D eigenvalue weighted by molar-refractivity contribution is -0.116. The summed E-state index contributed by atoms with van der Waals surface area (Å²) in [4.78, 5) is 27.9. The number of nitrogens with one attached hydrogen (secondary N) is 2. The Hall–Kier alpha value is -2.71. The number of hydrogen-bond acceptors (Lipinski definition) is 5. The number of anilines is 2. The quantitative estimate of drug-likeness (QED) is 0.548. The molecule has 2 aromatic carbocycles. The average molecular weight is 416 g/mol. The Morgan fingerprint density at radius 2 is 1.82 bits per heavy atom. The topological polar surface area (TPSA) is 71.1 Å². The molecular formula is C20H18FN3O2S2. The van der Waals surface area contributed by atoms with Crippen LogP contribution in [-0.4, -0.2) is 16.8 Å². The molecule has 0 aliphatic heterocycles. The second kappa shape index (κ2) is 9.48. The average Bonchev–Trinajstić information content (AvgIpc) is 3.08. The number of benzene rings is 2. The van der Waals surface area contributed by atoms with Crippen molar-refractivity contribution in [2.45, 2.75) is 23.4 Å². The molecule has 3 rings (SSSR count). The van der Waals surface area contributed by atoms with E-state index in [1.807, 2.05) is 5.38 Å². The van der Waals surface area contributed by atoms with Gasteiger partial charge in [-0.1, -0.05) is 30.0 Å². The molecule has 0 radical (unpaired) electrons. The van der Waals surface area contributed by atoms with Crippen molar-refractivity contribution in [3.05, 3.63) is 71.0 Å². The van der Waals surface area contributed by atoms with E-state index in [2.05, 4.69) is 15.6 Å². The number of thiazole rings is 1. The largest absolute Gasteiger partial charge is 0.326 e. The van der Waals surface area contributed by atoms with E-state index in [1.54, 1.807) is 48.2 Å². The first-order valence-corrected chi connectivity index (χ1v) is 10.3. The fourth-order valence-corrected chi connectivity index (χ4v) is 4.21. The van der Waals surface area contributed by atoms with Crippen molar-refractivity contribution in [1.29, 1.82) is 0 Å². The van der Waals surface area contributed by atoms with Crippen LogP contribution in [0, 0.1) is 5.82 Å². The third-order valence-electron chi connectivity index (χ3n) is 3.61. The predicted molar refractivity (Wildman–Crippen MR) is 111 cm³/mol. The fourth-order valence-electron chi connectivity index (χ4n) is 2.41. The highest BCUT2D eigenvalue weighted by Gasteiger charge is 2.09. The fraction of sp³-hybridized carbons (Fsp3) is 0.150. The molecule has 5 nitrogen and oxygen atoms in total. The van der Waals surface area contributed by atoms with Gasteiger partial charge >= 0.3 is 0 Å². The van der Waals surface area contributed by atoms with Gasteiger partial charge in [-0.25, -0.2) is 9.37 Å². The van der Waals surface area contributed by atoms with Crippen LogP contribution < -0.4 is 10.6 Å². The molecule has 2 amide bonds. The Kier molecular flexibility index (Phi) is 6.78. The molecule has 0 bridgehead atoms. The third-order valence-corrected chi connectivity index (χ3v) is 5.76. The van der Waals surface area contributed by atoms with Gasteiger partial charge in [0.2, 0.25) is 11.8 Å². The minimum absolute atomic E-state index is 0.165.